The number of nitrogen functional groups attached to an aromatic ring is 1. The maximum atomic E-state index is 6.18. The van der Waals surface area contributed by atoms with E-state index in [-0.39, 0.29) is 6.10 Å². The monoisotopic (exact) mass is 333 g/mol. The molecule has 0 saturated carbocycles. The number of anilines is 4. The lowest BCUT2D eigenvalue weighted by molar-refractivity contribution is 0.120. The largest absolute Gasteiger partial charge is 0.393 e. The Kier molecular flexibility index (Phi) is 4.83. The van der Waals surface area contributed by atoms with E-state index in [1.165, 1.54) is 6.33 Å². The van der Waals surface area contributed by atoms with Gasteiger partial charge in [0.1, 0.15) is 12.0 Å². The highest BCUT2D eigenvalue weighted by Crippen LogP contribution is 2.29. The lowest BCUT2D eigenvalue weighted by Gasteiger charge is -2.15. The first-order valence-corrected chi connectivity index (χ1v) is 8.00. The van der Waals surface area contributed by atoms with Gasteiger partial charge in [-0.1, -0.05) is 17.7 Å². The van der Waals surface area contributed by atoms with E-state index >= 15 is 0 Å². The molecule has 0 bridgehead atoms. The molecule has 0 spiro atoms. The van der Waals surface area contributed by atoms with Gasteiger partial charge in [-0.15, -0.1) is 0 Å². The number of nitrogens with two attached hydrogens (primary N) is 1. The number of ether oxygens (including phenoxy) is 1. The Morgan fingerprint density at radius 3 is 2.96 bits per heavy atom. The molecule has 1 atom stereocenters. The van der Waals surface area contributed by atoms with Crippen LogP contribution in [0.25, 0.3) is 0 Å². The summed E-state index contributed by atoms with van der Waals surface area (Å²) in [5.74, 6) is 1.16. The van der Waals surface area contributed by atoms with Gasteiger partial charge < -0.3 is 21.1 Å². The van der Waals surface area contributed by atoms with Crippen LogP contribution in [0.3, 0.4) is 0 Å². The quantitative estimate of drug-likeness (QED) is 0.778. The third kappa shape index (κ3) is 3.83. The van der Waals surface area contributed by atoms with Crippen LogP contribution in [0.2, 0.25) is 5.02 Å². The predicted octanol–water partition coefficient (Wildman–Crippen LogP) is 3.36. The van der Waals surface area contributed by atoms with Gasteiger partial charge in [0, 0.05) is 23.9 Å². The van der Waals surface area contributed by atoms with Crippen molar-refractivity contribution in [1.82, 2.24) is 9.97 Å². The van der Waals surface area contributed by atoms with Gasteiger partial charge in [0.2, 0.25) is 0 Å². The smallest absolute Gasteiger partial charge is 0.159 e. The highest BCUT2D eigenvalue weighted by molar-refractivity contribution is 6.30. The van der Waals surface area contributed by atoms with Crippen LogP contribution < -0.4 is 16.4 Å². The lowest BCUT2D eigenvalue weighted by atomic mass is 10.2. The summed E-state index contributed by atoms with van der Waals surface area (Å²) in [5, 5.41) is 7.11. The molecular weight excluding hydrogens is 314 g/mol. The molecule has 1 aromatic carbocycles. The molecule has 3 rings (SSSR count). The molecule has 0 radical (unpaired) electrons. The highest BCUT2D eigenvalue weighted by atomic mass is 35.5. The normalized spacial score (nSPS) is 17.2. The number of nitrogens with zero attached hydrogens (tertiary/aromatic N) is 2. The number of nitrogens with one attached hydrogen (secondary N) is 2. The molecule has 1 saturated heterocycles. The number of hydrogen-bond acceptors (Lipinski definition) is 6. The molecule has 1 unspecified atom stereocenters. The Morgan fingerprint density at radius 1 is 1.35 bits per heavy atom. The van der Waals surface area contributed by atoms with E-state index in [1.807, 2.05) is 25.1 Å². The van der Waals surface area contributed by atoms with Crippen molar-refractivity contribution in [2.24, 2.45) is 0 Å². The molecular formula is C16H20ClN5O. The van der Waals surface area contributed by atoms with Crippen LogP contribution in [-0.4, -0.2) is 29.2 Å². The zero-order chi connectivity index (χ0) is 16.2. The van der Waals surface area contributed by atoms with E-state index < -0.39 is 0 Å². The van der Waals surface area contributed by atoms with Crippen molar-refractivity contribution >= 4 is 34.6 Å². The maximum Gasteiger partial charge on any atom is 0.159 e. The number of hydrogen-bond donors (Lipinski definition) is 3. The summed E-state index contributed by atoms with van der Waals surface area (Å²) in [4.78, 5) is 8.44. The molecule has 2 aromatic rings. The molecule has 122 valence electrons. The topological polar surface area (TPSA) is 85.1 Å². The molecule has 0 aliphatic carbocycles. The Hall–Kier alpha value is -2.05. The zero-order valence-electron chi connectivity index (χ0n) is 13.0. The van der Waals surface area contributed by atoms with Crippen molar-refractivity contribution in [3.05, 3.63) is 35.1 Å². The number of halogens is 1. The summed E-state index contributed by atoms with van der Waals surface area (Å²) in [5.41, 5.74) is 8.58. The average molecular weight is 334 g/mol. The van der Waals surface area contributed by atoms with Crippen molar-refractivity contribution in [1.29, 1.82) is 0 Å². The Bertz CT molecular complexity index is 688. The summed E-state index contributed by atoms with van der Waals surface area (Å²) < 4.78 is 5.59. The van der Waals surface area contributed by atoms with E-state index in [0.717, 1.165) is 30.7 Å². The van der Waals surface area contributed by atoms with Crippen LogP contribution >= 0.6 is 11.6 Å². The van der Waals surface area contributed by atoms with Gasteiger partial charge in [-0.05, 0) is 37.5 Å². The summed E-state index contributed by atoms with van der Waals surface area (Å²) >= 11 is 6.05. The Morgan fingerprint density at radius 2 is 2.17 bits per heavy atom. The summed E-state index contributed by atoms with van der Waals surface area (Å²) in [6, 6.07) is 5.64. The van der Waals surface area contributed by atoms with Gasteiger partial charge >= 0.3 is 0 Å². The van der Waals surface area contributed by atoms with Gasteiger partial charge in [0.05, 0.1) is 6.10 Å². The maximum absolute atomic E-state index is 6.18. The van der Waals surface area contributed by atoms with Crippen molar-refractivity contribution in [2.75, 3.05) is 29.5 Å². The van der Waals surface area contributed by atoms with Crippen LogP contribution in [0.15, 0.2) is 24.5 Å². The molecule has 7 heteroatoms. The molecule has 1 aromatic heterocycles. The summed E-state index contributed by atoms with van der Waals surface area (Å²) in [6.07, 6.45) is 3.86. The summed E-state index contributed by atoms with van der Waals surface area (Å²) in [7, 11) is 0. The fraction of sp³-hybridized carbons (Fsp3) is 0.375. The third-order valence-electron chi connectivity index (χ3n) is 3.86. The minimum absolute atomic E-state index is 0.218. The van der Waals surface area contributed by atoms with Crippen molar-refractivity contribution in [3.8, 4) is 0 Å². The number of aromatic nitrogens is 2. The van der Waals surface area contributed by atoms with E-state index in [0.29, 0.717) is 28.9 Å². The zero-order valence-corrected chi connectivity index (χ0v) is 13.7. The van der Waals surface area contributed by atoms with Crippen LogP contribution in [0, 0.1) is 6.92 Å². The number of benzene rings is 1. The molecule has 1 fully saturated rings. The fourth-order valence-electron chi connectivity index (χ4n) is 2.51. The fourth-order valence-corrected chi connectivity index (χ4v) is 2.68. The van der Waals surface area contributed by atoms with Crippen LogP contribution in [0.1, 0.15) is 18.4 Å². The minimum Gasteiger partial charge on any atom is -0.393 e. The first-order valence-electron chi connectivity index (χ1n) is 7.62. The number of rotatable bonds is 5. The second-order valence-corrected chi connectivity index (χ2v) is 6.02. The van der Waals surface area contributed by atoms with Crippen LogP contribution in [-0.2, 0) is 4.74 Å². The molecule has 6 nitrogen and oxygen atoms in total. The molecule has 4 N–H and O–H groups in total. The Labute approximate surface area is 140 Å². The third-order valence-corrected chi connectivity index (χ3v) is 4.09. The van der Waals surface area contributed by atoms with Crippen LogP contribution in [0.5, 0.6) is 0 Å². The molecule has 2 heterocycles. The van der Waals surface area contributed by atoms with Gasteiger partial charge in [-0.2, -0.15) is 0 Å². The molecule has 1 aliphatic rings. The highest BCUT2D eigenvalue weighted by Gasteiger charge is 2.16. The van der Waals surface area contributed by atoms with Crippen molar-refractivity contribution in [2.45, 2.75) is 25.9 Å². The predicted molar refractivity (Wildman–Crippen MR) is 93.4 cm³/mol. The van der Waals surface area contributed by atoms with Gasteiger partial charge in [0.25, 0.3) is 0 Å². The van der Waals surface area contributed by atoms with Gasteiger partial charge in [0.15, 0.2) is 11.6 Å². The van der Waals surface area contributed by atoms with E-state index in [1.54, 1.807) is 0 Å². The second-order valence-electron chi connectivity index (χ2n) is 5.58. The average Bonchev–Trinajstić information content (AvgIpc) is 3.05. The van der Waals surface area contributed by atoms with E-state index in [2.05, 4.69) is 20.6 Å². The lowest BCUT2D eigenvalue weighted by Crippen LogP contribution is -2.20. The standard InChI is InChI=1S/C16H20ClN5O/c1-10-4-5-11(17)7-13(10)22-16-14(18)15(20-9-21-16)19-8-12-3-2-6-23-12/h4-5,7,9,12H,2-3,6,8,18H2,1H3,(H2,19,20,21,22). The summed E-state index contributed by atoms with van der Waals surface area (Å²) in [6.45, 7) is 3.51. The second kappa shape index (κ2) is 7.02. The minimum atomic E-state index is 0.218. The first kappa shape index (κ1) is 15.8. The van der Waals surface area contributed by atoms with E-state index in [9.17, 15) is 0 Å². The molecule has 1 aliphatic heterocycles. The molecule has 23 heavy (non-hydrogen) atoms. The van der Waals surface area contributed by atoms with Gasteiger partial charge in [-0.25, -0.2) is 9.97 Å². The first-order chi connectivity index (χ1) is 11.1. The Balaban J connectivity index is 1.74. The van der Waals surface area contributed by atoms with E-state index in [4.69, 9.17) is 22.1 Å². The number of aryl methyl sites for hydroxylation is 1. The SMILES string of the molecule is Cc1ccc(Cl)cc1Nc1ncnc(NCC2CCCO2)c1N. The molecule has 0 amide bonds. The van der Waals surface area contributed by atoms with Crippen LogP contribution in [0.4, 0.5) is 23.0 Å². The van der Waals surface area contributed by atoms with Crippen molar-refractivity contribution < 1.29 is 4.74 Å². The van der Waals surface area contributed by atoms with Gasteiger partial charge in [-0.3, -0.25) is 0 Å². The van der Waals surface area contributed by atoms with Crippen molar-refractivity contribution in [3.63, 3.8) is 0 Å².